The first-order chi connectivity index (χ1) is 17.8. The van der Waals surface area contributed by atoms with E-state index in [1.54, 1.807) is 12.5 Å². The van der Waals surface area contributed by atoms with Gasteiger partial charge >= 0.3 is 0 Å². The molecule has 0 unspecified atom stereocenters. The van der Waals surface area contributed by atoms with Crippen LogP contribution in [0.1, 0.15) is 0 Å². The Labute approximate surface area is 206 Å². The van der Waals surface area contributed by atoms with E-state index in [0.717, 1.165) is 32.8 Å². The molecule has 0 bridgehead atoms. The lowest BCUT2D eigenvalue weighted by molar-refractivity contribution is 1.06. The van der Waals surface area contributed by atoms with E-state index in [0.29, 0.717) is 17.3 Å². The highest BCUT2D eigenvalue weighted by Gasteiger charge is 2.23. The second kappa shape index (κ2) is 7.23. The standard InChI is InChI=1S/C31H17N5/c1-2-7-21-20(6-1)22-8-3-9-23-25(14-13-24(21)27(22)23)30-33-17-34-31(36-30)26-15-12-19-11-10-18-5-4-16-32-28(18)29(19)35-26/h1-17H. The molecular formula is C31H17N5. The van der Waals surface area contributed by atoms with Crippen molar-refractivity contribution in [2.45, 2.75) is 0 Å². The smallest absolute Gasteiger partial charge is 0.181 e. The minimum absolute atomic E-state index is 0.543. The summed E-state index contributed by atoms with van der Waals surface area (Å²) in [6.45, 7) is 0. The van der Waals surface area contributed by atoms with Crippen molar-refractivity contribution >= 4 is 32.6 Å². The van der Waals surface area contributed by atoms with Gasteiger partial charge in [0.1, 0.15) is 12.0 Å². The van der Waals surface area contributed by atoms with Crippen LogP contribution < -0.4 is 0 Å². The summed E-state index contributed by atoms with van der Waals surface area (Å²) in [6.07, 6.45) is 3.37. The molecule has 0 aliphatic heterocycles. The molecule has 0 amide bonds. The lowest BCUT2D eigenvalue weighted by atomic mass is 9.98. The lowest BCUT2D eigenvalue weighted by Crippen LogP contribution is -1.98. The number of hydrogen-bond acceptors (Lipinski definition) is 5. The van der Waals surface area contributed by atoms with Crippen molar-refractivity contribution in [3.05, 3.63) is 104 Å². The zero-order chi connectivity index (χ0) is 23.6. The Kier molecular flexibility index (Phi) is 3.88. The van der Waals surface area contributed by atoms with Crippen LogP contribution in [0.25, 0.3) is 77.7 Å². The molecule has 36 heavy (non-hydrogen) atoms. The largest absolute Gasteiger partial charge is 0.254 e. The van der Waals surface area contributed by atoms with Gasteiger partial charge in [0, 0.05) is 22.5 Å². The van der Waals surface area contributed by atoms with Crippen LogP contribution in [0.5, 0.6) is 0 Å². The van der Waals surface area contributed by atoms with Crippen molar-refractivity contribution in [3.63, 3.8) is 0 Å². The predicted octanol–water partition coefficient (Wildman–Crippen LogP) is 7.10. The number of benzene rings is 4. The maximum atomic E-state index is 4.92. The molecule has 0 atom stereocenters. The summed E-state index contributed by atoms with van der Waals surface area (Å²) in [7, 11) is 0. The summed E-state index contributed by atoms with van der Waals surface area (Å²) in [5, 5.41) is 4.48. The Morgan fingerprint density at radius 2 is 1.17 bits per heavy atom. The number of fused-ring (bicyclic) bond motifs is 6. The molecule has 0 saturated heterocycles. The summed E-state index contributed by atoms with van der Waals surface area (Å²) < 4.78 is 0. The first kappa shape index (κ1) is 19.3. The minimum Gasteiger partial charge on any atom is -0.254 e. The van der Waals surface area contributed by atoms with Crippen molar-refractivity contribution in [2.24, 2.45) is 0 Å². The van der Waals surface area contributed by atoms with Crippen LogP contribution in [0.3, 0.4) is 0 Å². The van der Waals surface area contributed by atoms with E-state index in [-0.39, 0.29) is 0 Å². The van der Waals surface area contributed by atoms with Crippen LogP contribution in [0, 0.1) is 0 Å². The maximum Gasteiger partial charge on any atom is 0.181 e. The van der Waals surface area contributed by atoms with E-state index in [4.69, 9.17) is 9.97 Å². The summed E-state index contributed by atoms with van der Waals surface area (Å²) in [6, 6.07) is 31.5. The van der Waals surface area contributed by atoms with E-state index >= 15 is 0 Å². The first-order valence-corrected chi connectivity index (χ1v) is 11.8. The Morgan fingerprint density at radius 3 is 2.06 bits per heavy atom. The molecule has 4 aromatic carbocycles. The molecule has 5 nitrogen and oxygen atoms in total. The Bertz CT molecular complexity index is 1980. The quantitative estimate of drug-likeness (QED) is 0.258. The van der Waals surface area contributed by atoms with Gasteiger partial charge in [-0.25, -0.2) is 19.9 Å². The minimum atomic E-state index is 0.543. The predicted molar refractivity (Wildman–Crippen MR) is 143 cm³/mol. The van der Waals surface area contributed by atoms with E-state index in [1.807, 2.05) is 24.3 Å². The second-order valence-corrected chi connectivity index (χ2v) is 8.98. The van der Waals surface area contributed by atoms with Gasteiger partial charge in [-0.2, -0.15) is 0 Å². The molecular weight excluding hydrogens is 442 g/mol. The fraction of sp³-hybridized carbons (Fsp3) is 0. The van der Waals surface area contributed by atoms with Crippen molar-refractivity contribution in [1.29, 1.82) is 0 Å². The van der Waals surface area contributed by atoms with Crippen LogP contribution in [0.2, 0.25) is 0 Å². The highest BCUT2D eigenvalue weighted by Crippen LogP contribution is 2.48. The molecule has 0 N–H and O–H groups in total. The average Bonchev–Trinajstić information content (AvgIpc) is 3.28. The van der Waals surface area contributed by atoms with Gasteiger partial charge in [0.2, 0.25) is 0 Å². The fourth-order valence-electron chi connectivity index (χ4n) is 5.40. The molecule has 0 spiro atoms. The van der Waals surface area contributed by atoms with E-state index in [2.05, 4.69) is 81.7 Å². The zero-order valence-corrected chi connectivity index (χ0v) is 19.1. The molecule has 0 saturated carbocycles. The third-order valence-electron chi connectivity index (χ3n) is 7.02. The Morgan fingerprint density at radius 1 is 0.444 bits per heavy atom. The molecule has 0 fully saturated rings. The number of aromatic nitrogens is 5. The van der Waals surface area contributed by atoms with Gasteiger partial charge in [-0.1, -0.05) is 72.8 Å². The third kappa shape index (κ3) is 2.68. The van der Waals surface area contributed by atoms with Gasteiger partial charge in [-0.15, -0.1) is 0 Å². The summed E-state index contributed by atoms with van der Waals surface area (Å²) in [5.74, 6) is 1.18. The molecule has 0 radical (unpaired) electrons. The summed E-state index contributed by atoms with van der Waals surface area (Å²) in [4.78, 5) is 23.4. The molecule has 1 aliphatic carbocycles. The molecule has 3 heterocycles. The van der Waals surface area contributed by atoms with Gasteiger partial charge in [-0.3, -0.25) is 4.98 Å². The van der Waals surface area contributed by atoms with Crippen molar-refractivity contribution in [1.82, 2.24) is 24.9 Å². The van der Waals surface area contributed by atoms with Crippen molar-refractivity contribution in [3.8, 4) is 45.2 Å². The molecule has 8 rings (SSSR count). The Hall–Kier alpha value is -5.03. The lowest BCUT2D eigenvalue weighted by Gasteiger charge is -2.09. The van der Waals surface area contributed by atoms with Crippen LogP contribution >= 0.6 is 0 Å². The van der Waals surface area contributed by atoms with Crippen LogP contribution in [0.4, 0.5) is 0 Å². The second-order valence-electron chi connectivity index (χ2n) is 8.98. The van der Waals surface area contributed by atoms with E-state index in [9.17, 15) is 0 Å². The van der Waals surface area contributed by atoms with Crippen LogP contribution in [0.15, 0.2) is 104 Å². The fourth-order valence-corrected chi connectivity index (χ4v) is 5.40. The van der Waals surface area contributed by atoms with E-state index < -0.39 is 0 Å². The highest BCUT2D eigenvalue weighted by molar-refractivity contribution is 6.18. The van der Waals surface area contributed by atoms with Gasteiger partial charge in [0.25, 0.3) is 0 Å². The Balaban J connectivity index is 1.31. The number of hydrogen-bond donors (Lipinski definition) is 0. The van der Waals surface area contributed by atoms with Crippen LogP contribution in [-0.2, 0) is 0 Å². The average molecular weight is 460 g/mol. The monoisotopic (exact) mass is 459 g/mol. The third-order valence-corrected chi connectivity index (χ3v) is 7.02. The molecule has 7 aromatic rings. The number of rotatable bonds is 2. The number of nitrogens with zero attached hydrogens (tertiary/aromatic N) is 5. The SMILES string of the molecule is c1ccc2c(c1)-c1cccc3c(-c4ncnc(-c5ccc6ccc7cccnc7c6n5)n4)ccc-2c13. The molecule has 1 aliphatic rings. The first-order valence-electron chi connectivity index (χ1n) is 11.8. The molecule has 3 aromatic heterocycles. The van der Waals surface area contributed by atoms with Crippen molar-refractivity contribution in [2.75, 3.05) is 0 Å². The van der Waals surface area contributed by atoms with Crippen molar-refractivity contribution < 1.29 is 0 Å². The highest BCUT2D eigenvalue weighted by atomic mass is 15.0. The normalized spacial score (nSPS) is 11.9. The topological polar surface area (TPSA) is 64.5 Å². The van der Waals surface area contributed by atoms with Gasteiger partial charge in [-0.05, 0) is 51.2 Å². The zero-order valence-electron chi connectivity index (χ0n) is 19.1. The van der Waals surface area contributed by atoms with Gasteiger partial charge < -0.3 is 0 Å². The summed E-state index contributed by atoms with van der Waals surface area (Å²) in [5.41, 5.74) is 8.45. The molecule has 5 heteroatoms. The van der Waals surface area contributed by atoms with Crippen LogP contribution in [-0.4, -0.2) is 24.9 Å². The van der Waals surface area contributed by atoms with Gasteiger partial charge in [0.15, 0.2) is 11.6 Å². The van der Waals surface area contributed by atoms with Gasteiger partial charge in [0.05, 0.1) is 11.0 Å². The van der Waals surface area contributed by atoms with E-state index in [1.165, 1.54) is 27.6 Å². The number of pyridine rings is 2. The maximum absolute atomic E-state index is 4.92. The molecule has 166 valence electrons. The summed E-state index contributed by atoms with van der Waals surface area (Å²) >= 11 is 0.